The molecule has 3 rings (SSSR count). The van der Waals surface area contributed by atoms with Crippen LogP contribution in [0.4, 0.5) is 5.82 Å². The summed E-state index contributed by atoms with van der Waals surface area (Å²) in [5, 5.41) is 6.64. The molecule has 0 bridgehead atoms. The van der Waals surface area contributed by atoms with Crippen molar-refractivity contribution in [3.63, 3.8) is 0 Å². The summed E-state index contributed by atoms with van der Waals surface area (Å²) in [4.78, 5) is 23.1. The van der Waals surface area contributed by atoms with Crippen molar-refractivity contribution in [1.82, 2.24) is 20.4 Å². The van der Waals surface area contributed by atoms with E-state index in [-0.39, 0.29) is 18.4 Å². The fraction of sp³-hybridized carbons (Fsp3) is 0.529. The molecule has 1 aliphatic heterocycles. The number of rotatable bonds is 5. The molecule has 1 aliphatic rings. The molecule has 1 saturated heterocycles. The molecule has 0 aliphatic carbocycles. The van der Waals surface area contributed by atoms with Crippen molar-refractivity contribution < 1.29 is 9.32 Å². The first-order chi connectivity index (χ1) is 11.6. The zero-order valence-corrected chi connectivity index (χ0v) is 14.2. The number of hydrogen-bond acceptors (Lipinski definition) is 6. The Morgan fingerprint density at radius 1 is 1.29 bits per heavy atom. The highest BCUT2D eigenvalue weighted by Crippen LogP contribution is 2.17. The smallest absolute Gasteiger partial charge is 0.253 e. The Balaban J connectivity index is 1.56. The molecule has 1 amide bonds. The molecule has 3 heterocycles. The lowest BCUT2D eigenvalue weighted by Gasteiger charge is -2.27. The molecule has 7 nitrogen and oxygen atoms in total. The minimum atomic E-state index is -0.191. The second-order valence-corrected chi connectivity index (χ2v) is 6.34. The standard InChI is InChI=1S/C17H23N5O2/c1-12(2)17-20-14(21-24-17)11-19-16(23)13-6-7-15(18-10-13)22-8-4-3-5-9-22/h6-7,10,12H,3-5,8-9,11H2,1-2H3,(H,19,23). The summed E-state index contributed by atoms with van der Waals surface area (Å²) in [7, 11) is 0. The number of nitrogens with one attached hydrogen (secondary N) is 1. The van der Waals surface area contributed by atoms with E-state index >= 15 is 0 Å². The van der Waals surface area contributed by atoms with Crippen LogP contribution in [-0.4, -0.2) is 34.1 Å². The minimum absolute atomic E-state index is 0.175. The third-order valence-electron chi connectivity index (χ3n) is 4.07. The van der Waals surface area contributed by atoms with E-state index < -0.39 is 0 Å². The minimum Gasteiger partial charge on any atom is -0.357 e. The van der Waals surface area contributed by atoms with Crippen LogP contribution < -0.4 is 10.2 Å². The van der Waals surface area contributed by atoms with Crippen molar-refractivity contribution in [3.05, 3.63) is 35.6 Å². The third kappa shape index (κ3) is 3.90. The van der Waals surface area contributed by atoms with E-state index in [2.05, 4.69) is 25.3 Å². The van der Waals surface area contributed by atoms with Crippen LogP contribution in [0, 0.1) is 0 Å². The number of carbonyl (C=O) groups excluding carboxylic acids is 1. The molecule has 0 radical (unpaired) electrons. The van der Waals surface area contributed by atoms with Crippen molar-refractivity contribution in [2.24, 2.45) is 0 Å². The van der Waals surface area contributed by atoms with Gasteiger partial charge in [0.2, 0.25) is 5.89 Å². The average molecular weight is 329 g/mol. The zero-order chi connectivity index (χ0) is 16.9. The molecule has 1 N–H and O–H groups in total. The predicted molar refractivity (Wildman–Crippen MR) is 89.9 cm³/mol. The summed E-state index contributed by atoms with van der Waals surface area (Å²) in [6.07, 6.45) is 5.31. The van der Waals surface area contributed by atoms with E-state index in [1.54, 1.807) is 6.20 Å². The summed E-state index contributed by atoms with van der Waals surface area (Å²) in [6.45, 7) is 6.27. The Kier molecular flexibility index (Phi) is 5.08. The largest absolute Gasteiger partial charge is 0.357 e. The van der Waals surface area contributed by atoms with Crippen LogP contribution in [0.15, 0.2) is 22.9 Å². The van der Waals surface area contributed by atoms with Crippen molar-refractivity contribution >= 4 is 11.7 Å². The van der Waals surface area contributed by atoms with Crippen molar-refractivity contribution in [3.8, 4) is 0 Å². The monoisotopic (exact) mass is 329 g/mol. The highest BCUT2D eigenvalue weighted by atomic mass is 16.5. The molecule has 2 aromatic rings. The maximum atomic E-state index is 12.2. The highest BCUT2D eigenvalue weighted by molar-refractivity contribution is 5.93. The predicted octanol–water partition coefficient (Wildman–Crippen LogP) is 2.51. The van der Waals surface area contributed by atoms with Crippen molar-refractivity contribution in [2.45, 2.75) is 45.6 Å². The number of nitrogens with zero attached hydrogens (tertiary/aromatic N) is 4. The molecule has 128 valence electrons. The van der Waals surface area contributed by atoms with E-state index in [0.29, 0.717) is 17.3 Å². The van der Waals surface area contributed by atoms with Gasteiger partial charge in [-0.05, 0) is 31.4 Å². The quantitative estimate of drug-likeness (QED) is 0.907. The molecule has 1 fully saturated rings. The van der Waals surface area contributed by atoms with E-state index in [4.69, 9.17) is 4.52 Å². The summed E-state index contributed by atoms with van der Waals surface area (Å²) in [5.74, 6) is 1.97. The van der Waals surface area contributed by atoms with Gasteiger partial charge >= 0.3 is 0 Å². The fourth-order valence-electron chi connectivity index (χ4n) is 2.67. The number of carbonyl (C=O) groups is 1. The van der Waals surface area contributed by atoms with Gasteiger partial charge in [0.15, 0.2) is 5.82 Å². The number of aromatic nitrogens is 3. The van der Waals surface area contributed by atoms with Crippen LogP contribution in [0.3, 0.4) is 0 Å². The molecule has 0 spiro atoms. The van der Waals surface area contributed by atoms with Gasteiger partial charge in [0, 0.05) is 25.2 Å². The van der Waals surface area contributed by atoms with E-state index in [1.165, 1.54) is 19.3 Å². The summed E-state index contributed by atoms with van der Waals surface area (Å²) >= 11 is 0. The Morgan fingerprint density at radius 2 is 2.08 bits per heavy atom. The first-order valence-corrected chi connectivity index (χ1v) is 8.45. The molecule has 2 aromatic heterocycles. The van der Waals surface area contributed by atoms with Gasteiger partial charge in [-0.2, -0.15) is 4.98 Å². The van der Waals surface area contributed by atoms with Crippen LogP contribution in [0.5, 0.6) is 0 Å². The maximum absolute atomic E-state index is 12.2. The Hall–Kier alpha value is -2.44. The Morgan fingerprint density at radius 3 is 2.71 bits per heavy atom. The molecule has 0 aromatic carbocycles. The Bertz CT molecular complexity index is 675. The van der Waals surface area contributed by atoms with Gasteiger partial charge in [0.1, 0.15) is 5.82 Å². The van der Waals surface area contributed by atoms with Crippen LogP contribution in [0.25, 0.3) is 0 Å². The molecule has 7 heteroatoms. The van der Waals surface area contributed by atoms with Gasteiger partial charge in [-0.25, -0.2) is 4.98 Å². The topological polar surface area (TPSA) is 84.2 Å². The van der Waals surface area contributed by atoms with Crippen LogP contribution >= 0.6 is 0 Å². The number of pyridine rings is 1. The number of anilines is 1. The second-order valence-electron chi connectivity index (χ2n) is 6.34. The number of amides is 1. The zero-order valence-electron chi connectivity index (χ0n) is 14.2. The van der Waals surface area contributed by atoms with Gasteiger partial charge < -0.3 is 14.7 Å². The molecule has 0 atom stereocenters. The average Bonchev–Trinajstić information content (AvgIpc) is 3.10. The maximum Gasteiger partial charge on any atom is 0.253 e. The molecular weight excluding hydrogens is 306 g/mol. The highest BCUT2D eigenvalue weighted by Gasteiger charge is 2.14. The van der Waals surface area contributed by atoms with Gasteiger partial charge in [-0.1, -0.05) is 19.0 Å². The summed E-state index contributed by atoms with van der Waals surface area (Å²) < 4.78 is 5.12. The summed E-state index contributed by atoms with van der Waals surface area (Å²) in [5.41, 5.74) is 0.531. The molecule has 0 saturated carbocycles. The first kappa shape index (κ1) is 16.4. The van der Waals surface area contributed by atoms with Gasteiger partial charge in [0.25, 0.3) is 5.91 Å². The van der Waals surface area contributed by atoms with Crippen LogP contribution in [0.2, 0.25) is 0 Å². The lowest BCUT2D eigenvalue weighted by atomic mass is 10.1. The lowest BCUT2D eigenvalue weighted by Crippen LogP contribution is -2.30. The van der Waals surface area contributed by atoms with E-state index in [9.17, 15) is 4.79 Å². The van der Waals surface area contributed by atoms with Crippen LogP contribution in [-0.2, 0) is 6.54 Å². The number of hydrogen-bond donors (Lipinski definition) is 1. The molecular formula is C17H23N5O2. The summed E-state index contributed by atoms with van der Waals surface area (Å²) in [6, 6.07) is 3.72. The van der Waals surface area contributed by atoms with Gasteiger partial charge in [-0.3, -0.25) is 4.79 Å². The SMILES string of the molecule is CC(C)c1nc(CNC(=O)c2ccc(N3CCCCC3)nc2)no1. The van der Waals surface area contributed by atoms with E-state index in [0.717, 1.165) is 18.9 Å². The van der Waals surface area contributed by atoms with E-state index in [1.807, 2.05) is 26.0 Å². The van der Waals surface area contributed by atoms with Gasteiger partial charge in [-0.15, -0.1) is 0 Å². The normalized spacial score (nSPS) is 14.9. The van der Waals surface area contributed by atoms with Crippen molar-refractivity contribution in [2.75, 3.05) is 18.0 Å². The van der Waals surface area contributed by atoms with Gasteiger partial charge in [0.05, 0.1) is 12.1 Å². The lowest BCUT2D eigenvalue weighted by molar-refractivity contribution is 0.0949. The van der Waals surface area contributed by atoms with Crippen LogP contribution in [0.1, 0.15) is 61.1 Å². The Labute approximate surface area is 141 Å². The third-order valence-corrected chi connectivity index (χ3v) is 4.07. The second kappa shape index (κ2) is 7.42. The van der Waals surface area contributed by atoms with Crippen molar-refractivity contribution in [1.29, 1.82) is 0 Å². The first-order valence-electron chi connectivity index (χ1n) is 8.45. The molecule has 0 unspecified atom stereocenters. The fourth-order valence-corrected chi connectivity index (χ4v) is 2.67. The molecule has 24 heavy (non-hydrogen) atoms. The number of piperidine rings is 1.